The highest BCUT2D eigenvalue weighted by Gasteiger charge is 2.38. The van der Waals surface area contributed by atoms with Gasteiger partial charge in [-0.1, -0.05) is 29.3 Å². The molecule has 5 nitrogen and oxygen atoms in total. The highest BCUT2D eigenvalue weighted by molar-refractivity contribution is 6.42. The molecule has 2 heterocycles. The molecular formula is C18H24Cl2N2O3. The number of nitrogens with zero attached hydrogens (tertiary/aromatic N) is 1. The van der Waals surface area contributed by atoms with Crippen LogP contribution in [0.5, 0.6) is 0 Å². The molecule has 1 unspecified atom stereocenters. The highest BCUT2D eigenvalue weighted by Crippen LogP contribution is 2.29. The number of benzene rings is 1. The normalized spacial score (nSPS) is 21.9. The fourth-order valence-electron chi connectivity index (χ4n) is 3.46. The van der Waals surface area contributed by atoms with Gasteiger partial charge in [0.25, 0.3) is 0 Å². The third kappa shape index (κ3) is 4.86. The molecule has 1 N–H and O–H groups in total. The van der Waals surface area contributed by atoms with Crippen LogP contribution in [0, 0.1) is 0 Å². The van der Waals surface area contributed by atoms with Crippen molar-refractivity contribution >= 4 is 29.1 Å². The summed E-state index contributed by atoms with van der Waals surface area (Å²) in [5.41, 5.74) is 0.789. The minimum absolute atomic E-state index is 0.00248. The second kappa shape index (κ2) is 8.23. The van der Waals surface area contributed by atoms with Crippen molar-refractivity contribution in [3.63, 3.8) is 0 Å². The largest absolute Gasteiger partial charge is 0.381 e. The van der Waals surface area contributed by atoms with E-state index in [4.69, 9.17) is 32.7 Å². The number of carbonyl (C=O) groups excluding carboxylic acids is 1. The second-order valence-electron chi connectivity index (χ2n) is 6.82. The van der Waals surface area contributed by atoms with Crippen molar-refractivity contribution < 1.29 is 14.3 Å². The molecule has 0 aromatic heterocycles. The van der Waals surface area contributed by atoms with E-state index in [1.807, 2.05) is 13.0 Å². The number of carbonyl (C=O) groups is 1. The lowest BCUT2D eigenvalue weighted by Gasteiger charge is -2.44. The van der Waals surface area contributed by atoms with Crippen LogP contribution < -0.4 is 5.32 Å². The molecule has 0 saturated carbocycles. The van der Waals surface area contributed by atoms with Crippen LogP contribution in [0.1, 0.15) is 31.4 Å². The number of rotatable bonds is 4. The van der Waals surface area contributed by atoms with Gasteiger partial charge in [-0.2, -0.15) is 0 Å². The van der Waals surface area contributed by atoms with Crippen LogP contribution >= 0.6 is 23.2 Å². The molecule has 0 bridgehead atoms. The summed E-state index contributed by atoms with van der Waals surface area (Å²) in [7, 11) is 0. The van der Waals surface area contributed by atoms with Crippen LogP contribution in [0.15, 0.2) is 18.2 Å². The van der Waals surface area contributed by atoms with Crippen LogP contribution in [0.3, 0.4) is 0 Å². The first-order valence-electron chi connectivity index (χ1n) is 8.66. The standard InChI is InChI=1S/C18H24Cl2N2O3/c1-13(14-2-3-15(19)16(20)10-14)21-17(23)11-22-6-9-25-18(12-22)4-7-24-8-5-18/h2-3,10,13H,4-9,11-12H2,1H3,(H,21,23). The Kier molecular flexibility index (Phi) is 6.23. The minimum Gasteiger partial charge on any atom is -0.381 e. The summed E-state index contributed by atoms with van der Waals surface area (Å²) in [4.78, 5) is 14.6. The predicted octanol–water partition coefficient (Wildman–Crippen LogP) is 3.05. The number of halogens is 2. The zero-order valence-corrected chi connectivity index (χ0v) is 15.9. The summed E-state index contributed by atoms with van der Waals surface area (Å²) in [6.07, 6.45) is 1.79. The van der Waals surface area contributed by atoms with Crippen molar-refractivity contribution in [2.45, 2.75) is 31.4 Å². The summed E-state index contributed by atoms with van der Waals surface area (Å²) in [5, 5.41) is 4.04. The fourth-order valence-corrected chi connectivity index (χ4v) is 3.77. The summed E-state index contributed by atoms with van der Waals surface area (Å²) >= 11 is 12.0. The van der Waals surface area contributed by atoms with Gasteiger partial charge in [0.05, 0.1) is 34.8 Å². The highest BCUT2D eigenvalue weighted by atomic mass is 35.5. The summed E-state index contributed by atoms with van der Waals surface area (Å²) in [6, 6.07) is 5.30. The van der Waals surface area contributed by atoms with Gasteiger partial charge in [-0.15, -0.1) is 0 Å². The smallest absolute Gasteiger partial charge is 0.234 e. The van der Waals surface area contributed by atoms with Crippen molar-refractivity contribution in [1.82, 2.24) is 10.2 Å². The van der Waals surface area contributed by atoms with E-state index in [0.29, 0.717) is 23.2 Å². The zero-order valence-electron chi connectivity index (χ0n) is 14.4. The number of hydrogen-bond acceptors (Lipinski definition) is 4. The quantitative estimate of drug-likeness (QED) is 0.863. The minimum atomic E-state index is -0.147. The van der Waals surface area contributed by atoms with Gasteiger partial charge < -0.3 is 14.8 Å². The van der Waals surface area contributed by atoms with E-state index < -0.39 is 0 Å². The predicted molar refractivity (Wildman–Crippen MR) is 98.2 cm³/mol. The molecule has 0 radical (unpaired) electrons. The van der Waals surface area contributed by atoms with Crippen molar-refractivity contribution in [2.24, 2.45) is 0 Å². The van der Waals surface area contributed by atoms with E-state index in [2.05, 4.69) is 10.2 Å². The van der Waals surface area contributed by atoms with Gasteiger partial charge in [0.1, 0.15) is 0 Å². The molecule has 2 fully saturated rings. The van der Waals surface area contributed by atoms with E-state index in [0.717, 1.165) is 44.7 Å². The van der Waals surface area contributed by atoms with E-state index in [1.165, 1.54) is 0 Å². The number of amides is 1. The van der Waals surface area contributed by atoms with Crippen LogP contribution in [0.4, 0.5) is 0 Å². The molecule has 2 aliphatic heterocycles. The molecule has 138 valence electrons. The molecule has 1 amide bonds. The third-order valence-corrected chi connectivity index (χ3v) is 5.66. The van der Waals surface area contributed by atoms with Gasteiger partial charge in [0, 0.05) is 39.1 Å². The van der Waals surface area contributed by atoms with E-state index >= 15 is 0 Å². The Balaban J connectivity index is 1.53. The molecule has 7 heteroatoms. The summed E-state index contributed by atoms with van der Waals surface area (Å²) < 4.78 is 11.4. The van der Waals surface area contributed by atoms with Gasteiger partial charge in [0.15, 0.2) is 0 Å². The lowest BCUT2D eigenvalue weighted by molar-refractivity contribution is -0.156. The first-order chi connectivity index (χ1) is 12.0. The maximum atomic E-state index is 12.4. The molecule has 2 saturated heterocycles. The lowest BCUT2D eigenvalue weighted by Crippen LogP contribution is -2.56. The maximum Gasteiger partial charge on any atom is 0.234 e. The topological polar surface area (TPSA) is 50.8 Å². The van der Waals surface area contributed by atoms with Gasteiger partial charge in [-0.3, -0.25) is 9.69 Å². The molecule has 1 aromatic rings. The van der Waals surface area contributed by atoms with Gasteiger partial charge in [0.2, 0.25) is 5.91 Å². The molecule has 1 spiro atoms. The number of nitrogens with one attached hydrogen (secondary N) is 1. The lowest BCUT2D eigenvalue weighted by atomic mass is 9.92. The third-order valence-electron chi connectivity index (χ3n) is 4.92. The SMILES string of the molecule is CC(NC(=O)CN1CCOC2(CCOCC2)C1)c1ccc(Cl)c(Cl)c1. The Morgan fingerprint density at radius 1 is 1.28 bits per heavy atom. The zero-order chi connectivity index (χ0) is 17.9. The van der Waals surface area contributed by atoms with E-state index in [9.17, 15) is 4.79 Å². The molecule has 0 aliphatic carbocycles. The summed E-state index contributed by atoms with van der Waals surface area (Å²) in [5.74, 6) is 0.00248. The first kappa shape index (κ1) is 18.9. The van der Waals surface area contributed by atoms with Gasteiger partial charge >= 0.3 is 0 Å². The molecule has 25 heavy (non-hydrogen) atoms. The van der Waals surface area contributed by atoms with E-state index in [1.54, 1.807) is 12.1 Å². The van der Waals surface area contributed by atoms with Crippen molar-refractivity contribution in [3.8, 4) is 0 Å². The van der Waals surface area contributed by atoms with Gasteiger partial charge in [-0.25, -0.2) is 0 Å². The average Bonchev–Trinajstić information content (AvgIpc) is 2.58. The second-order valence-corrected chi connectivity index (χ2v) is 7.63. The van der Waals surface area contributed by atoms with Gasteiger partial charge in [-0.05, 0) is 24.6 Å². The fraction of sp³-hybridized carbons (Fsp3) is 0.611. The molecule has 1 atom stereocenters. The number of hydrogen-bond donors (Lipinski definition) is 1. The Bertz CT molecular complexity index is 615. The van der Waals surface area contributed by atoms with Crippen molar-refractivity contribution in [3.05, 3.63) is 33.8 Å². The van der Waals surface area contributed by atoms with Crippen molar-refractivity contribution in [1.29, 1.82) is 0 Å². The number of morpholine rings is 1. The van der Waals surface area contributed by atoms with Crippen LogP contribution in [0.25, 0.3) is 0 Å². The summed E-state index contributed by atoms with van der Waals surface area (Å²) in [6.45, 7) is 5.99. The van der Waals surface area contributed by atoms with E-state index in [-0.39, 0.29) is 17.6 Å². The Morgan fingerprint density at radius 3 is 2.76 bits per heavy atom. The molecular weight excluding hydrogens is 363 g/mol. The van der Waals surface area contributed by atoms with Crippen LogP contribution in [-0.4, -0.2) is 55.9 Å². The Hall–Kier alpha value is -0.850. The van der Waals surface area contributed by atoms with Crippen LogP contribution in [0.2, 0.25) is 10.0 Å². The average molecular weight is 387 g/mol. The molecule has 3 rings (SSSR count). The van der Waals surface area contributed by atoms with Crippen LogP contribution in [-0.2, 0) is 14.3 Å². The molecule has 1 aromatic carbocycles. The van der Waals surface area contributed by atoms with Crippen molar-refractivity contribution in [2.75, 3.05) is 39.5 Å². The maximum absolute atomic E-state index is 12.4. The molecule has 2 aliphatic rings. The Labute approximate surface area is 158 Å². The Morgan fingerprint density at radius 2 is 2.04 bits per heavy atom. The monoisotopic (exact) mass is 386 g/mol. The first-order valence-corrected chi connectivity index (χ1v) is 9.41. The number of ether oxygens (including phenoxy) is 2.